The number of pyridine rings is 1. The van der Waals surface area contributed by atoms with E-state index in [0.717, 1.165) is 31.5 Å². The van der Waals surface area contributed by atoms with Gasteiger partial charge in [-0.25, -0.2) is 9.67 Å². The fourth-order valence-electron chi connectivity index (χ4n) is 4.68. The quantitative estimate of drug-likeness (QED) is 0.590. The summed E-state index contributed by atoms with van der Waals surface area (Å²) in [7, 11) is 0. The van der Waals surface area contributed by atoms with Crippen molar-refractivity contribution in [3.8, 4) is 5.69 Å². The number of hydrogen-bond acceptors (Lipinski definition) is 5. The fraction of sp³-hybridized carbons (Fsp3) is 0.360. The van der Waals surface area contributed by atoms with Crippen LogP contribution in [0.3, 0.4) is 0 Å². The number of hydrogen-bond donors (Lipinski definition) is 2. The molecule has 0 atom stereocenters. The van der Waals surface area contributed by atoms with Gasteiger partial charge in [-0.1, -0.05) is 23.7 Å². The van der Waals surface area contributed by atoms with Crippen LogP contribution < -0.4 is 15.5 Å². The Balaban J connectivity index is 1.40. The van der Waals surface area contributed by atoms with Crippen molar-refractivity contribution >= 4 is 29.2 Å². The third kappa shape index (κ3) is 3.86. The third-order valence-corrected chi connectivity index (χ3v) is 6.96. The summed E-state index contributed by atoms with van der Waals surface area (Å²) < 4.78 is 1.56. The lowest BCUT2D eigenvalue weighted by atomic mass is 10.0. The molecular weight excluding hydrogens is 452 g/mol. The van der Waals surface area contributed by atoms with E-state index >= 15 is 0 Å². The summed E-state index contributed by atoms with van der Waals surface area (Å²) in [5.41, 5.74) is 4.21. The molecule has 8 nitrogen and oxygen atoms in total. The Hall–Kier alpha value is -3.23. The average molecular weight is 477 g/mol. The molecule has 2 aliphatic heterocycles. The molecule has 0 spiro atoms. The summed E-state index contributed by atoms with van der Waals surface area (Å²) in [5.74, 6) is 0.725. The minimum Gasteiger partial charge on any atom is -0.350 e. The van der Waals surface area contributed by atoms with Gasteiger partial charge in [0, 0.05) is 30.2 Å². The van der Waals surface area contributed by atoms with Crippen LogP contribution in [0.2, 0.25) is 5.02 Å². The Bertz CT molecular complexity index is 1300. The maximum absolute atomic E-state index is 13.8. The first kappa shape index (κ1) is 21.3. The monoisotopic (exact) mass is 476 g/mol. The molecule has 34 heavy (non-hydrogen) atoms. The normalized spacial score (nSPS) is 17.3. The summed E-state index contributed by atoms with van der Waals surface area (Å²) in [6.07, 6.45) is 3.74. The molecule has 3 aromatic rings. The molecule has 1 aliphatic carbocycles. The molecule has 2 aromatic heterocycles. The van der Waals surface area contributed by atoms with E-state index < -0.39 is 0 Å². The fourth-order valence-corrected chi connectivity index (χ4v) is 4.86. The first-order valence-corrected chi connectivity index (χ1v) is 12.1. The number of amides is 2. The van der Waals surface area contributed by atoms with Crippen LogP contribution in [0.1, 0.15) is 50.6 Å². The Labute approximate surface area is 202 Å². The molecule has 174 valence electrons. The number of rotatable bonds is 5. The lowest BCUT2D eigenvalue weighted by Crippen LogP contribution is -2.40. The number of fused-ring (bicyclic) bond motifs is 2. The van der Waals surface area contributed by atoms with Crippen molar-refractivity contribution < 1.29 is 9.59 Å². The number of nitrogens with zero attached hydrogens (tertiary/aromatic N) is 4. The zero-order valence-electron chi connectivity index (χ0n) is 18.7. The smallest absolute Gasteiger partial charge is 0.278 e. The highest BCUT2D eigenvalue weighted by Crippen LogP contribution is 2.31. The van der Waals surface area contributed by atoms with Gasteiger partial charge in [0.05, 0.1) is 11.4 Å². The van der Waals surface area contributed by atoms with Gasteiger partial charge < -0.3 is 10.6 Å². The lowest BCUT2D eigenvalue weighted by Gasteiger charge is -2.28. The van der Waals surface area contributed by atoms with Gasteiger partial charge in [-0.3, -0.25) is 14.5 Å². The molecule has 0 bridgehead atoms. The summed E-state index contributed by atoms with van der Waals surface area (Å²) >= 11 is 6.24. The molecule has 2 N–H and O–H groups in total. The first-order valence-electron chi connectivity index (χ1n) is 11.8. The van der Waals surface area contributed by atoms with Crippen LogP contribution in [0.5, 0.6) is 0 Å². The van der Waals surface area contributed by atoms with Crippen LogP contribution in [0.25, 0.3) is 5.69 Å². The van der Waals surface area contributed by atoms with Crippen molar-refractivity contribution in [3.63, 3.8) is 0 Å². The maximum atomic E-state index is 13.8. The van der Waals surface area contributed by atoms with Crippen molar-refractivity contribution in [1.82, 2.24) is 25.4 Å². The molecule has 1 aromatic carbocycles. The number of anilines is 1. The van der Waals surface area contributed by atoms with Gasteiger partial charge in [-0.05, 0) is 68.0 Å². The predicted molar refractivity (Wildman–Crippen MR) is 129 cm³/mol. The van der Waals surface area contributed by atoms with Crippen molar-refractivity contribution in [3.05, 3.63) is 69.6 Å². The lowest BCUT2D eigenvalue weighted by molar-refractivity contribution is 0.0945. The summed E-state index contributed by atoms with van der Waals surface area (Å²) in [6.45, 7) is 2.71. The molecule has 1 fully saturated rings. The maximum Gasteiger partial charge on any atom is 0.278 e. The molecule has 9 heteroatoms. The van der Waals surface area contributed by atoms with E-state index in [9.17, 15) is 9.59 Å². The Morgan fingerprint density at radius 1 is 1.21 bits per heavy atom. The van der Waals surface area contributed by atoms with Crippen molar-refractivity contribution in [2.45, 2.75) is 32.2 Å². The van der Waals surface area contributed by atoms with Gasteiger partial charge in [0.15, 0.2) is 5.69 Å². The minimum atomic E-state index is -0.233. The second kappa shape index (κ2) is 8.52. The van der Waals surface area contributed by atoms with Gasteiger partial charge in [0.1, 0.15) is 11.5 Å². The van der Waals surface area contributed by atoms with Crippen LogP contribution in [0.4, 0.5) is 5.82 Å². The second-order valence-corrected chi connectivity index (χ2v) is 9.57. The number of halogens is 1. The highest BCUT2D eigenvalue weighted by atomic mass is 35.5. The zero-order valence-corrected chi connectivity index (χ0v) is 19.4. The molecule has 1 saturated carbocycles. The van der Waals surface area contributed by atoms with Gasteiger partial charge in [0.2, 0.25) is 0 Å². The number of aromatic nitrogens is 3. The van der Waals surface area contributed by atoms with E-state index in [0.29, 0.717) is 65.5 Å². The molecule has 0 saturated heterocycles. The Morgan fingerprint density at radius 3 is 2.91 bits per heavy atom. The molecule has 2 amide bonds. The summed E-state index contributed by atoms with van der Waals surface area (Å²) in [6, 6.07) is 11.1. The van der Waals surface area contributed by atoms with Crippen LogP contribution in [-0.2, 0) is 19.4 Å². The van der Waals surface area contributed by atoms with Gasteiger partial charge in [-0.2, -0.15) is 5.10 Å². The van der Waals surface area contributed by atoms with Crippen molar-refractivity contribution in [2.75, 3.05) is 24.5 Å². The highest BCUT2D eigenvalue weighted by Gasteiger charge is 2.36. The SMILES string of the molecule is O=C(NCC1CC1)c1nn(-c2cccc(Cl)c2)c2c1CCN(c1ccc3c(n1)CNCC3)C2=O. The molecule has 0 radical (unpaired) electrons. The molecule has 4 heterocycles. The van der Waals surface area contributed by atoms with Gasteiger partial charge in [-0.15, -0.1) is 0 Å². The number of nitrogens with one attached hydrogen (secondary N) is 2. The van der Waals surface area contributed by atoms with Crippen molar-refractivity contribution in [1.29, 1.82) is 0 Å². The Kier molecular flexibility index (Phi) is 5.34. The van der Waals surface area contributed by atoms with Crippen LogP contribution >= 0.6 is 11.6 Å². The second-order valence-electron chi connectivity index (χ2n) is 9.13. The van der Waals surface area contributed by atoms with Crippen LogP contribution in [-0.4, -0.2) is 46.2 Å². The third-order valence-electron chi connectivity index (χ3n) is 6.73. The Morgan fingerprint density at radius 2 is 2.09 bits per heavy atom. The van der Waals surface area contributed by atoms with Crippen LogP contribution in [0.15, 0.2) is 36.4 Å². The van der Waals surface area contributed by atoms with Gasteiger partial charge >= 0.3 is 0 Å². The molecule has 0 unspecified atom stereocenters. The van der Waals surface area contributed by atoms with E-state index in [1.807, 2.05) is 18.2 Å². The van der Waals surface area contributed by atoms with E-state index in [-0.39, 0.29) is 11.8 Å². The van der Waals surface area contributed by atoms with Crippen molar-refractivity contribution in [2.24, 2.45) is 5.92 Å². The minimum absolute atomic E-state index is 0.216. The largest absolute Gasteiger partial charge is 0.350 e. The predicted octanol–water partition coefficient (Wildman–Crippen LogP) is 2.91. The molecule has 3 aliphatic rings. The molecular formula is C25H25ClN6O2. The number of benzene rings is 1. The summed E-state index contributed by atoms with van der Waals surface area (Å²) in [4.78, 5) is 33.3. The average Bonchev–Trinajstić information content (AvgIpc) is 3.60. The zero-order chi connectivity index (χ0) is 23.2. The standard InChI is InChI=1S/C25H25ClN6O2/c26-17-2-1-3-18(12-17)32-23-19(22(30-32)24(33)28-13-15-4-5-15)9-11-31(25(23)34)21-7-6-16-8-10-27-14-20(16)29-21/h1-3,6-7,12,15,27H,4-5,8-11,13-14H2,(H,28,33). The van der Waals surface area contributed by atoms with Gasteiger partial charge in [0.25, 0.3) is 11.8 Å². The summed E-state index contributed by atoms with van der Waals surface area (Å²) in [5, 5.41) is 11.5. The van der Waals surface area contributed by atoms with Crippen LogP contribution in [0, 0.1) is 5.92 Å². The number of carbonyl (C=O) groups excluding carboxylic acids is 2. The highest BCUT2D eigenvalue weighted by molar-refractivity contribution is 6.30. The van der Waals surface area contributed by atoms with E-state index in [1.165, 1.54) is 5.56 Å². The van der Waals surface area contributed by atoms with E-state index in [4.69, 9.17) is 16.6 Å². The van der Waals surface area contributed by atoms with E-state index in [2.05, 4.69) is 21.8 Å². The number of carbonyl (C=O) groups is 2. The van der Waals surface area contributed by atoms with E-state index in [1.54, 1.807) is 21.7 Å². The topological polar surface area (TPSA) is 92.2 Å². The first-order chi connectivity index (χ1) is 16.6. The molecule has 6 rings (SSSR count).